The average Bonchev–Trinajstić information content (AvgIpc) is 3.02. The smallest absolute Gasteiger partial charge is 0.232 e. The quantitative estimate of drug-likeness (QED) is 0.797. The van der Waals surface area contributed by atoms with Gasteiger partial charge in [0.25, 0.3) is 0 Å². The van der Waals surface area contributed by atoms with Crippen molar-refractivity contribution in [2.75, 3.05) is 5.73 Å². The summed E-state index contributed by atoms with van der Waals surface area (Å²) in [6.45, 7) is 2.07. The van der Waals surface area contributed by atoms with Gasteiger partial charge in [-0.3, -0.25) is 0 Å². The molecule has 0 unspecified atom stereocenters. The summed E-state index contributed by atoms with van der Waals surface area (Å²) in [5, 5.41) is 6.45. The van der Waals surface area contributed by atoms with E-state index in [1.165, 1.54) is 22.5 Å². The monoisotopic (exact) mass is 286 g/mol. The maximum absolute atomic E-state index is 5.59. The summed E-state index contributed by atoms with van der Waals surface area (Å²) in [7, 11) is 0. The molecule has 0 radical (unpaired) electrons. The van der Waals surface area contributed by atoms with Crippen molar-refractivity contribution in [1.82, 2.24) is 15.1 Å². The van der Waals surface area contributed by atoms with Gasteiger partial charge in [-0.1, -0.05) is 35.0 Å². The van der Waals surface area contributed by atoms with E-state index in [0.29, 0.717) is 29.7 Å². The Balaban J connectivity index is 1.68. The van der Waals surface area contributed by atoms with Gasteiger partial charge >= 0.3 is 0 Å². The molecule has 6 heteroatoms. The fourth-order valence-corrected chi connectivity index (χ4v) is 2.44. The van der Waals surface area contributed by atoms with E-state index in [9.17, 15) is 0 Å². The molecule has 3 rings (SSSR count). The lowest BCUT2D eigenvalue weighted by Gasteiger charge is -1.97. The highest BCUT2D eigenvalue weighted by atomic mass is 32.1. The minimum absolute atomic E-state index is 0.522. The first-order chi connectivity index (χ1) is 9.69. The number of aromatic nitrogens is 3. The van der Waals surface area contributed by atoms with E-state index >= 15 is 0 Å². The van der Waals surface area contributed by atoms with Gasteiger partial charge in [0.05, 0.1) is 12.1 Å². The summed E-state index contributed by atoms with van der Waals surface area (Å²) in [5.74, 6) is 1.25. The van der Waals surface area contributed by atoms with Crippen molar-refractivity contribution in [2.45, 2.75) is 19.8 Å². The summed E-state index contributed by atoms with van der Waals surface area (Å²) in [6.07, 6.45) is 1.19. The molecule has 0 aliphatic carbocycles. The molecule has 0 aliphatic heterocycles. The molecular formula is C14H14N4OS. The number of rotatable bonds is 4. The number of benzene rings is 1. The van der Waals surface area contributed by atoms with Gasteiger partial charge in [-0.2, -0.15) is 4.98 Å². The van der Waals surface area contributed by atoms with Crippen molar-refractivity contribution >= 4 is 16.5 Å². The van der Waals surface area contributed by atoms with Gasteiger partial charge in [0.2, 0.25) is 5.89 Å². The van der Waals surface area contributed by atoms with Gasteiger partial charge in [0.1, 0.15) is 0 Å². The molecule has 0 fully saturated rings. The Bertz CT molecular complexity index is 702. The SMILES string of the molecule is Cc1ccc(Cc2noc(Cc3csc(N)n3)n2)cc1. The van der Waals surface area contributed by atoms with Crippen LogP contribution in [0, 0.1) is 6.92 Å². The summed E-state index contributed by atoms with van der Waals surface area (Å²) in [4.78, 5) is 8.56. The zero-order valence-electron chi connectivity index (χ0n) is 11.0. The third-order valence-electron chi connectivity index (χ3n) is 2.89. The molecule has 0 bridgehead atoms. The molecule has 2 aromatic heterocycles. The van der Waals surface area contributed by atoms with Crippen molar-refractivity contribution in [1.29, 1.82) is 0 Å². The van der Waals surface area contributed by atoms with E-state index in [1.807, 2.05) is 5.38 Å². The number of aryl methyl sites for hydroxylation is 1. The molecular weight excluding hydrogens is 272 g/mol. The minimum Gasteiger partial charge on any atom is -0.375 e. The van der Waals surface area contributed by atoms with Gasteiger partial charge in [-0.25, -0.2) is 4.98 Å². The van der Waals surface area contributed by atoms with Crippen LogP contribution >= 0.6 is 11.3 Å². The van der Waals surface area contributed by atoms with E-state index in [-0.39, 0.29) is 0 Å². The number of thiazole rings is 1. The lowest BCUT2D eigenvalue weighted by atomic mass is 10.1. The molecule has 0 aliphatic rings. The van der Waals surface area contributed by atoms with Gasteiger partial charge in [-0.05, 0) is 12.5 Å². The summed E-state index contributed by atoms with van der Waals surface area (Å²) >= 11 is 1.41. The van der Waals surface area contributed by atoms with E-state index < -0.39 is 0 Å². The number of nitrogens with two attached hydrogens (primary N) is 1. The lowest BCUT2D eigenvalue weighted by Crippen LogP contribution is -1.93. The van der Waals surface area contributed by atoms with Crippen LogP contribution in [0.2, 0.25) is 0 Å². The molecule has 0 atom stereocenters. The molecule has 0 spiro atoms. The normalized spacial score (nSPS) is 10.8. The zero-order chi connectivity index (χ0) is 13.9. The van der Waals surface area contributed by atoms with Crippen molar-refractivity contribution in [3.8, 4) is 0 Å². The molecule has 5 nitrogen and oxygen atoms in total. The maximum Gasteiger partial charge on any atom is 0.232 e. The largest absolute Gasteiger partial charge is 0.375 e. The van der Waals surface area contributed by atoms with Crippen LogP contribution in [-0.2, 0) is 12.8 Å². The first-order valence-electron chi connectivity index (χ1n) is 6.26. The first kappa shape index (κ1) is 12.8. The second-order valence-electron chi connectivity index (χ2n) is 4.62. The topological polar surface area (TPSA) is 77.8 Å². The highest BCUT2D eigenvalue weighted by Gasteiger charge is 2.09. The van der Waals surface area contributed by atoms with Gasteiger partial charge in [0.15, 0.2) is 11.0 Å². The number of hydrogen-bond donors (Lipinski definition) is 1. The lowest BCUT2D eigenvalue weighted by molar-refractivity contribution is 0.379. The van der Waals surface area contributed by atoms with Crippen LogP contribution in [0.1, 0.15) is 28.5 Å². The Morgan fingerprint density at radius 1 is 1.15 bits per heavy atom. The molecule has 0 amide bonds. The Labute approximate surface area is 120 Å². The molecule has 2 heterocycles. The van der Waals surface area contributed by atoms with E-state index in [0.717, 1.165) is 5.69 Å². The van der Waals surface area contributed by atoms with Crippen molar-refractivity contribution in [3.63, 3.8) is 0 Å². The minimum atomic E-state index is 0.522. The Morgan fingerprint density at radius 3 is 2.65 bits per heavy atom. The van der Waals surface area contributed by atoms with Crippen LogP contribution in [-0.4, -0.2) is 15.1 Å². The van der Waals surface area contributed by atoms with Crippen LogP contribution < -0.4 is 5.73 Å². The molecule has 20 heavy (non-hydrogen) atoms. The predicted octanol–water partition coefficient (Wildman–Crippen LogP) is 2.60. The fourth-order valence-electron chi connectivity index (χ4n) is 1.88. The number of anilines is 1. The second kappa shape index (κ2) is 5.42. The first-order valence-corrected chi connectivity index (χ1v) is 7.14. The molecule has 3 aromatic rings. The third kappa shape index (κ3) is 3.03. The van der Waals surface area contributed by atoms with E-state index in [2.05, 4.69) is 46.3 Å². The average molecular weight is 286 g/mol. The standard InChI is InChI=1S/C14H14N4OS/c1-9-2-4-10(5-3-9)6-12-17-13(19-18-12)7-11-8-20-14(15)16-11/h2-5,8H,6-7H2,1H3,(H2,15,16). The van der Waals surface area contributed by atoms with Crippen LogP contribution in [0.25, 0.3) is 0 Å². The molecule has 1 aromatic carbocycles. The van der Waals surface area contributed by atoms with Crippen LogP contribution in [0.15, 0.2) is 34.2 Å². The summed E-state index contributed by atoms with van der Waals surface area (Å²) in [5.41, 5.74) is 8.86. The maximum atomic E-state index is 5.59. The second-order valence-corrected chi connectivity index (χ2v) is 5.51. The van der Waals surface area contributed by atoms with Crippen molar-refractivity contribution in [3.05, 3.63) is 58.2 Å². The van der Waals surface area contributed by atoms with Gasteiger partial charge in [0, 0.05) is 11.8 Å². The van der Waals surface area contributed by atoms with Gasteiger partial charge < -0.3 is 10.3 Å². The van der Waals surface area contributed by atoms with Crippen LogP contribution in [0.5, 0.6) is 0 Å². The third-order valence-corrected chi connectivity index (χ3v) is 3.62. The van der Waals surface area contributed by atoms with E-state index in [4.69, 9.17) is 10.3 Å². The predicted molar refractivity (Wildman–Crippen MR) is 77.6 cm³/mol. The molecule has 102 valence electrons. The highest BCUT2D eigenvalue weighted by Crippen LogP contribution is 2.15. The molecule has 0 saturated carbocycles. The highest BCUT2D eigenvalue weighted by molar-refractivity contribution is 7.13. The van der Waals surface area contributed by atoms with E-state index in [1.54, 1.807) is 0 Å². The Hall–Kier alpha value is -2.21. The zero-order valence-corrected chi connectivity index (χ0v) is 11.9. The van der Waals surface area contributed by atoms with Crippen molar-refractivity contribution < 1.29 is 4.52 Å². The Morgan fingerprint density at radius 2 is 1.95 bits per heavy atom. The van der Waals surface area contributed by atoms with Crippen molar-refractivity contribution in [2.24, 2.45) is 0 Å². The molecule has 2 N–H and O–H groups in total. The van der Waals surface area contributed by atoms with Crippen LogP contribution in [0.3, 0.4) is 0 Å². The number of hydrogen-bond acceptors (Lipinski definition) is 6. The number of nitrogens with zero attached hydrogens (tertiary/aromatic N) is 3. The molecule has 0 saturated heterocycles. The van der Waals surface area contributed by atoms with Gasteiger partial charge in [-0.15, -0.1) is 11.3 Å². The fraction of sp³-hybridized carbons (Fsp3) is 0.214. The Kier molecular flexibility index (Phi) is 3.47. The van der Waals surface area contributed by atoms with Crippen LogP contribution in [0.4, 0.5) is 5.13 Å². The summed E-state index contributed by atoms with van der Waals surface area (Å²) in [6, 6.07) is 8.31. The number of nitrogen functional groups attached to an aromatic ring is 1. The summed E-state index contributed by atoms with van der Waals surface area (Å²) < 4.78 is 5.24.